The van der Waals surface area contributed by atoms with Crippen LogP contribution in [0, 0.1) is 0 Å². The number of methoxy groups -OCH3 is 1. The monoisotopic (exact) mass is 369 g/mol. The highest BCUT2D eigenvalue weighted by molar-refractivity contribution is 7.13. The summed E-state index contributed by atoms with van der Waals surface area (Å²) in [7, 11) is 1.63. The van der Waals surface area contributed by atoms with E-state index in [1.54, 1.807) is 12.5 Å². The fraction of sp³-hybridized carbons (Fsp3) is 0.211. The van der Waals surface area contributed by atoms with Crippen molar-refractivity contribution in [2.75, 3.05) is 12.4 Å². The largest absolute Gasteiger partial charge is 0.497 e. The Morgan fingerprint density at radius 1 is 1.23 bits per heavy atom. The van der Waals surface area contributed by atoms with Gasteiger partial charge < -0.3 is 15.8 Å². The topological polar surface area (TPSA) is 94.3 Å². The maximum absolute atomic E-state index is 12.5. The average molecular weight is 369 g/mol. The summed E-state index contributed by atoms with van der Waals surface area (Å²) in [6, 6.07) is 11.7. The molecule has 0 radical (unpaired) electrons. The lowest BCUT2D eigenvalue weighted by atomic mass is 9.97. The second-order valence-electron chi connectivity index (χ2n) is 5.97. The van der Waals surface area contributed by atoms with Crippen molar-refractivity contribution in [3.8, 4) is 5.75 Å². The van der Waals surface area contributed by atoms with Gasteiger partial charge in [0.1, 0.15) is 5.75 Å². The van der Waals surface area contributed by atoms with Crippen LogP contribution < -0.4 is 15.8 Å². The van der Waals surface area contributed by atoms with Gasteiger partial charge in [-0.05, 0) is 35.4 Å². The molecule has 3 aromatic rings. The van der Waals surface area contributed by atoms with E-state index in [4.69, 9.17) is 10.5 Å². The molecule has 134 valence electrons. The van der Waals surface area contributed by atoms with Crippen LogP contribution in [0.5, 0.6) is 5.75 Å². The third-order valence-corrected chi connectivity index (χ3v) is 4.91. The van der Waals surface area contributed by atoms with Gasteiger partial charge in [0.25, 0.3) is 0 Å². The molecule has 1 atom stereocenters. The molecule has 2 aromatic carbocycles. The van der Waals surface area contributed by atoms with Crippen molar-refractivity contribution >= 4 is 39.1 Å². The number of primary amides is 1. The minimum Gasteiger partial charge on any atom is -0.497 e. The van der Waals surface area contributed by atoms with Gasteiger partial charge in [-0.25, -0.2) is 4.98 Å². The first kappa shape index (κ1) is 17.9. The number of nitrogens with one attached hydrogen (secondary N) is 1. The van der Waals surface area contributed by atoms with Gasteiger partial charge in [0.05, 0.1) is 25.1 Å². The maximum Gasteiger partial charge on any atom is 0.233 e. The normalized spacial score (nSPS) is 11.9. The highest BCUT2D eigenvalue weighted by Crippen LogP contribution is 2.26. The Balaban J connectivity index is 1.74. The first-order valence-electron chi connectivity index (χ1n) is 8.07. The van der Waals surface area contributed by atoms with Gasteiger partial charge in [-0.2, -0.15) is 0 Å². The van der Waals surface area contributed by atoms with E-state index in [-0.39, 0.29) is 18.2 Å². The smallest absolute Gasteiger partial charge is 0.233 e. The molecule has 1 unspecified atom stereocenters. The SMILES string of the molecule is COc1ccc2cc(C(C)C(=O)Nc3nc(CC(N)=O)cs3)ccc2c1. The number of benzene rings is 2. The molecule has 6 nitrogen and oxygen atoms in total. The van der Waals surface area contributed by atoms with Crippen LogP contribution in [0.15, 0.2) is 41.8 Å². The Morgan fingerprint density at radius 2 is 1.96 bits per heavy atom. The molecule has 0 bridgehead atoms. The molecule has 0 aliphatic carbocycles. The Kier molecular flexibility index (Phi) is 5.18. The van der Waals surface area contributed by atoms with Gasteiger partial charge in [0.2, 0.25) is 11.8 Å². The Bertz CT molecular complexity index is 968. The number of nitrogens with two attached hydrogens (primary N) is 1. The number of thiazole rings is 1. The zero-order valence-electron chi connectivity index (χ0n) is 14.5. The summed E-state index contributed by atoms with van der Waals surface area (Å²) in [5, 5.41) is 7.07. The molecule has 3 N–H and O–H groups in total. The van der Waals surface area contributed by atoms with E-state index in [9.17, 15) is 9.59 Å². The van der Waals surface area contributed by atoms with Crippen LogP contribution in [-0.4, -0.2) is 23.9 Å². The number of rotatable bonds is 6. The molecule has 3 rings (SSSR count). The van der Waals surface area contributed by atoms with E-state index in [2.05, 4.69) is 10.3 Å². The van der Waals surface area contributed by atoms with Crippen molar-refractivity contribution in [2.45, 2.75) is 19.3 Å². The van der Waals surface area contributed by atoms with Crippen LogP contribution in [0.2, 0.25) is 0 Å². The highest BCUT2D eigenvalue weighted by atomic mass is 32.1. The predicted molar refractivity (Wildman–Crippen MR) is 103 cm³/mol. The molecule has 0 aliphatic rings. The Labute approximate surface area is 155 Å². The van der Waals surface area contributed by atoms with Crippen LogP contribution in [0.1, 0.15) is 24.1 Å². The fourth-order valence-electron chi connectivity index (χ4n) is 2.63. The van der Waals surface area contributed by atoms with E-state index < -0.39 is 5.91 Å². The van der Waals surface area contributed by atoms with Gasteiger partial charge in [-0.1, -0.05) is 24.3 Å². The van der Waals surface area contributed by atoms with E-state index in [1.165, 1.54) is 11.3 Å². The van der Waals surface area contributed by atoms with E-state index >= 15 is 0 Å². The number of nitrogens with zero attached hydrogens (tertiary/aromatic N) is 1. The number of anilines is 1. The third kappa shape index (κ3) is 4.00. The summed E-state index contributed by atoms with van der Waals surface area (Å²) in [4.78, 5) is 27.7. The second-order valence-corrected chi connectivity index (χ2v) is 6.83. The average Bonchev–Trinajstić information content (AvgIpc) is 3.06. The van der Waals surface area contributed by atoms with E-state index in [1.807, 2.05) is 43.3 Å². The van der Waals surface area contributed by atoms with Crippen LogP contribution in [0.25, 0.3) is 10.8 Å². The second kappa shape index (κ2) is 7.53. The number of amides is 2. The molecule has 26 heavy (non-hydrogen) atoms. The lowest BCUT2D eigenvalue weighted by Crippen LogP contribution is -2.19. The summed E-state index contributed by atoms with van der Waals surface area (Å²) >= 11 is 1.27. The summed E-state index contributed by atoms with van der Waals surface area (Å²) in [5.74, 6) is -0.149. The Hall–Kier alpha value is -2.93. The van der Waals surface area contributed by atoms with Crippen LogP contribution in [-0.2, 0) is 16.0 Å². The van der Waals surface area contributed by atoms with Crippen molar-refractivity contribution in [1.82, 2.24) is 4.98 Å². The van der Waals surface area contributed by atoms with Gasteiger partial charge in [0.15, 0.2) is 5.13 Å². The molecular weight excluding hydrogens is 350 g/mol. The number of carbonyl (C=O) groups excluding carboxylic acids is 2. The zero-order chi connectivity index (χ0) is 18.7. The minimum absolute atomic E-state index is 0.0655. The molecule has 1 heterocycles. The minimum atomic E-state index is -0.450. The number of hydrogen-bond acceptors (Lipinski definition) is 5. The first-order chi connectivity index (χ1) is 12.5. The molecule has 7 heteroatoms. The fourth-order valence-corrected chi connectivity index (χ4v) is 3.34. The third-order valence-electron chi connectivity index (χ3n) is 4.10. The first-order valence-corrected chi connectivity index (χ1v) is 8.95. The molecule has 2 amide bonds. The molecule has 0 aliphatic heterocycles. The molecule has 0 fully saturated rings. The summed E-state index contributed by atoms with van der Waals surface area (Å²) in [6.07, 6.45) is 0.0655. The van der Waals surface area contributed by atoms with Crippen LogP contribution in [0.3, 0.4) is 0 Å². The lowest BCUT2D eigenvalue weighted by Gasteiger charge is -2.12. The van der Waals surface area contributed by atoms with Gasteiger partial charge in [-0.3, -0.25) is 9.59 Å². The Morgan fingerprint density at radius 3 is 2.69 bits per heavy atom. The molecule has 0 spiro atoms. The zero-order valence-corrected chi connectivity index (χ0v) is 15.3. The predicted octanol–water partition coefficient (Wildman–Crippen LogP) is 3.07. The van der Waals surface area contributed by atoms with Crippen molar-refractivity contribution in [2.24, 2.45) is 5.73 Å². The molecular formula is C19H19N3O3S. The highest BCUT2D eigenvalue weighted by Gasteiger charge is 2.17. The molecule has 0 saturated carbocycles. The van der Waals surface area contributed by atoms with Gasteiger partial charge >= 0.3 is 0 Å². The van der Waals surface area contributed by atoms with Crippen LogP contribution in [0.4, 0.5) is 5.13 Å². The van der Waals surface area contributed by atoms with Crippen molar-refractivity contribution in [3.63, 3.8) is 0 Å². The van der Waals surface area contributed by atoms with E-state index in [0.29, 0.717) is 10.8 Å². The van der Waals surface area contributed by atoms with Crippen LogP contribution >= 0.6 is 11.3 Å². The number of aromatic nitrogens is 1. The molecule has 1 aromatic heterocycles. The summed E-state index contributed by atoms with van der Waals surface area (Å²) in [6.45, 7) is 1.85. The van der Waals surface area contributed by atoms with Gasteiger partial charge in [-0.15, -0.1) is 11.3 Å². The summed E-state index contributed by atoms with van der Waals surface area (Å²) < 4.78 is 5.23. The number of carbonyl (C=O) groups is 2. The lowest BCUT2D eigenvalue weighted by molar-refractivity contribution is -0.118. The number of ether oxygens (including phenoxy) is 1. The maximum atomic E-state index is 12.5. The van der Waals surface area contributed by atoms with Gasteiger partial charge in [0, 0.05) is 5.38 Å². The standard InChI is InChI=1S/C19H19N3O3S/c1-11(18(24)22-19-21-15(10-26-19)9-17(20)23)12-3-4-14-8-16(25-2)6-5-13(14)7-12/h3-8,10-11H,9H2,1-2H3,(H2,20,23)(H,21,22,24). The number of fused-ring (bicyclic) bond motifs is 1. The number of hydrogen-bond donors (Lipinski definition) is 2. The van der Waals surface area contributed by atoms with Crippen molar-refractivity contribution in [1.29, 1.82) is 0 Å². The van der Waals surface area contributed by atoms with E-state index in [0.717, 1.165) is 22.1 Å². The summed E-state index contributed by atoms with van der Waals surface area (Å²) in [5.41, 5.74) is 6.62. The van der Waals surface area contributed by atoms with Crippen molar-refractivity contribution in [3.05, 3.63) is 53.0 Å². The quantitative estimate of drug-likeness (QED) is 0.698. The molecule has 0 saturated heterocycles. The van der Waals surface area contributed by atoms with Crippen molar-refractivity contribution < 1.29 is 14.3 Å².